The van der Waals surface area contributed by atoms with Gasteiger partial charge < -0.3 is 10.2 Å². The van der Waals surface area contributed by atoms with Gasteiger partial charge in [0.05, 0.1) is 5.56 Å². The predicted octanol–water partition coefficient (Wildman–Crippen LogP) is 4.06. The molecule has 112 valence electrons. The maximum atomic E-state index is 10.1. The smallest absolute Gasteiger partial charge is 0.124 e. The Hall–Kier alpha value is -1.22. The molecule has 0 aliphatic heterocycles. The summed E-state index contributed by atoms with van der Waals surface area (Å²) in [4.78, 5) is 2.46. The van der Waals surface area contributed by atoms with E-state index in [0.717, 1.165) is 6.54 Å². The standard InChI is InChI=1S/C17H27NO2/c1-12(2)11-18(14-7-4-5-8-14)13(3)17-15(19)9-6-10-16(17)20/h6,9-10,12-14,19-20H,4-5,7-8,11H2,1-3H3. The summed E-state index contributed by atoms with van der Waals surface area (Å²) in [6.45, 7) is 7.54. The maximum absolute atomic E-state index is 10.1. The second kappa shape index (κ2) is 6.49. The van der Waals surface area contributed by atoms with E-state index in [1.807, 2.05) is 0 Å². The minimum absolute atomic E-state index is 0.0432. The van der Waals surface area contributed by atoms with Gasteiger partial charge >= 0.3 is 0 Å². The summed E-state index contributed by atoms with van der Waals surface area (Å²) in [5, 5.41) is 20.2. The lowest BCUT2D eigenvalue weighted by atomic mass is 10.00. The van der Waals surface area contributed by atoms with E-state index in [4.69, 9.17) is 0 Å². The van der Waals surface area contributed by atoms with Crippen molar-refractivity contribution in [3.63, 3.8) is 0 Å². The van der Waals surface area contributed by atoms with Crippen LogP contribution in [0.4, 0.5) is 0 Å². The molecule has 1 saturated carbocycles. The first-order valence-corrected chi connectivity index (χ1v) is 7.77. The van der Waals surface area contributed by atoms with Crippen LogP contribution in [0.15, 0.2) is 18.2 Å². The molecule has 3 nitrogen and oxygen atoms in total. The fraction of sp³-hybridized carbons (Fsp3) is 0.647. The van der Waals surface area contributed by atoms with Crippen LogP contribution in [-0.4, -0.2) is 27.7 Å². The largest absolute Gasteiger partial charge is 0.507 e. The van der Waals surface area contributed by atoms with Crippen LogP contribution >= 0.6 is 0 Å². The summed E-state index contributed by atoms with van der Waals surface area (Å²) < 4.78 is 0. The normalized spacial score (nSPS) is 18.1. The average molecular weight is 277 g/mol. The van der Waals surface area contributed by atoms with E-state index in [1.54, 1.807) is 18.2 Å². The van der Waals surface area contributed by atoms with Gasteiger partial charge in [-0.05, 0) is 37.8 Å². The molecule has 0 bridgehead atoms. The van der Waals surface area contributed by atoms with Crippen molar-refractivity contribution >= 4 is 0 Å². The number of phenols is 2. The Kier molecular flexibility index (Phi) is 4.92. The first-order chi connectivity index (χ1) is 9.50. The maximum Gasteiger partial charge on any atom is 0.124 e. The molecule has 1 aromatic carbocycles. The van der Waals surface area contributed by atoms with Gasteiger partial charge in [-0.15, -0.1) is 0 Å². The Morgan fingerprint density at radius 1 is 1.10 bits per heavy atom. The first kappa shape index (κ1) is 15.2. The predicted molar refractivity (Wildman–Crippen MR) is 82.0 cm³/mol. The van der Waals surface area contributed by atoms with Crippen molar-refractivity contribution in [1.82, 2.24) is 4.90 Å². The molecule has 1 aromatic rings. The molecule has 0 spiro atoms. The number of hydrogen-bond donors (Lipinski definition) is 2. The zero-order valence-electron chi connectivity index (χ0n) is 12.8. The second-order valence-corrected chi connectivity index (χ2v) is 6.41. The molecular formula is C17H27NO2. The van der Waals surface area contributed by atoms with E-state index in [2.05, 4.69) is 25.7 Å². The molecule has 0 amide bonds. The highest BCUT2D eigenvalue weighted by Gasteiger charge is 2.30. The van der Waals surface area contributed by atoms with Crippen molar-refractivity contribution in [1.29, 1.82) is 0 Å². The molecule has 0 saturated heterocycles. The fourth-order valence-electron chi connectivity index (χ4n) is 3.42. The summed E-state index contributed by atoms with van der Waals surface area (Å²) in [5.74, 6) is 0.972. The van der Waals surface area contributed by atoms with Crippen molar-refractivity contribution in [2.45, 2.75) is 58.5 Å². The third-order valence-corrected chi connectivity index (χ3v) is 4.35. The Balaban J connectivity index is 2.27. The van der Waals surface area contributed by atoms with E-state index in [0.29, 0.717) is 17.5 Å². The van der Waals surface area contributed by atoms with Crippen LogP contribution < -0.4 is 0 Å². The lowest BCUT2D eigenvalue weighted by Gasteiger charge is -2.36. The van der Waals surface area contributed by atoms with Crippen molar-refractivity contribution in [3.8, 4) is 11.5 Å². The average Bonchev–Trinajstić information content (AvgIpc) is 2.88. The zero-order valence-corrected chi connectivity index (χ0v) is 12.8. The Morgan fingerprint density at radius 2 is 1.65 bits per heavy atom. The highest BCUT2D eigenvalue weighted by Crippen LogP contribution is 2.39. The molecule has 1 aliphatic rings. The van der Waals surface area contributed by atoms with Crippen molar-refractivity contribution < 1.29 is 10.2 Å². The van der Waals surface area contributed by atoms with Gasteiger partial charge in [-0.2, -0.15) is 0 Å². The van der Waals surface area contributed by atoms with E-state index in [-0.39, 0.29) is 17.5 Å². The summed E-state index contributed by atoms with van der Waals surface area (Å²) in [7, 11) is 0. The number of phenolic OH excluding ortho intramolecular Hbond substituents is 2. The van der Waals surface area contributed by atoms with Crippen LogP contribution in [0.2, 0.25) is 0 Å². The van der Waals surface area contributed by atoms with Crippen molar-refractivity contribution in [2.75, 3.05) is 6.54 Å². The van der Waals surface area contributed by atoms with Crippen molar-refractivity contribution in [3.05, 3.63) is 23.8 Å². The van der Waals surface area contributed by atoms with E-state index in [1.165, 1.54) is 25.7 Å². The van der Waals surface area contributed by atoms with E-state index >= 15 is 0 Å². The number of aromatic hydroxyl groups is 2. The highest BCUT2D eigenvalue weighted by molar-refractivity contribution is 5.45. The Bertz CT molecular complexity index is 418. The van der Waals surface area contributed by atoms with E-state index in [9.17, 15) is 10.2 Å². The lowest BCUT2D eigenvalue weighted by Crippen LogP contribution is -2.38. The van der Waals surface area contributed by atoms with Crippen LogP contribution in [0.3, 0.4) is 0 Å². The summed E-state index contributed by atoms with van der Waals surface area (Å²) in [6.07, 6.45) is 5.04. The third-order valence-electron chi connectivity index (χ3n) is 4.35. The Labute approximate surface area is 122 Å². The van der Waals surface area contributed by atoms with Crippen LogP contribution in [0.25, 0.3) is 0 Å². The molecule has 0 aromatic heterocycles. The molecule has 3 heteroatoms. The monoisotopic (exact) mass is 277 g/mol. The quantitative estimate of drug-likeness (QED) is 0.853. The van der Waals surface area contributed by atoms with Gasteiger partial charge in [0.2, 0.25) is 0 Å². The fourth-order valence-corrected chi connectivity index (χ4v) is 3.42. The molecule has 1 aliphatic carbocycles. The van der Waals surface area contributed by atoms with Crippen molar-refractivity contribution in [2.24, 2.45) is 5.92 Å². The van der Waals surface area contributed by atoms with Gasteiger partial charge in [0.1, 0.15) is 11.5 Å². The zero-order chi connectivity index (χ0) is 14.7. The summed E-state index contributed by atoms with van der Waals surface area (Å²) in [5.41, 5.74) is 0.667. The number of hydrogen-bond acceptors (Lipinski definition) is 3. The molecule has 1 fully saturated rings. The van der Waals surface area contributed by atoms with Gasteiger partial charge in [0, 0.05) is 18.6 Å². The first-order valence-electron chi connectivity index (χ1n) is 7.77. The van der Waals surface area contributed by atoms with Crippen LogP contribution in [0.5, 0.6) is 11.5 Å². The molecule has 0 radical (unpaired) electrons. The van der Waals surface area contributed by atoms with Crippen LogP contribution in [0, 0.1) is 5.92 Å². The highest BCUT2D eigenvalue weighted by atomic mass is 16.3. The topological polar surface area (TPSA) is 43.7 Å². The Morgan fingerprint density at radius 3 is 2.15 bits per heavy atom. The summed E-state index contributed by atoms with van der Waals surface area (Å²) in [6, 6.07) is 5.62. The molecule has 2 rings (SSSR count). The van der Waals surface area contributed by atoms with Gasteiger partial charge in [0.25, 0.3) is 0 Å². The third kappa shape index (κ3) is 3.26. The molecule has 1 atom stereocenters. The number of nitrogens with zero attached hydrogens (tertiary/aromatic N) is 1. The summed E-state index contributed by atoms with van der Waals surface area (Å²) >= 11 is 0. The second-order valence-electron chi connectivity index (χ2n) is 6.41. The van der Waals surface area contributed by atoms with Crippen LogP contribution in [0.1, 0.15) is 58.1 Å². The SMILES string of the molecule is CC(C)CN(C1CCCC1)C(C)c1c(O)cccc1O. The number of rotatable bonds is 5. The van der Waals surface area contributed by atoms with Gasteiger partial charge in [-0.25, -0.2) is 0 Å². The molecule has 0 heterocycles. The lowest BCUT2D eigenvalue weighted by molar-refractivity contribution is 0.124. The van der Waals surface area contributed by atoms with Crippen LogP contribution in [-0.2, 0) is 0 Å². The van der Waals surface area contributed by atoms with E-state index < -0.39 is 0 Å². The number of benzene rings is 1. The minimum atomic E-state index is 0.0432. The van der Waals surface area contributed by atoms with Gasteiger partial charge in [0.15, 0.2) is 0 Å². The minimum Gasteiger partial charge on any atom is -0.507 e. The van der Waals surface area contributed by atoms with Gasteiger partial charge in [-0.3, -0.25) is 4.90 Å². The molecule has 2 N–H and O–H groups in total. The van der Waals surface area contributed by atoms with Gasteiger partial charge in [-0.1, -0.05) is 32.8 Å². The molecule has 20 heavy (non-hydrogen) atoms. The molecule has 1 unspecified atom stereocenters. The molecular weight excluding hydrogens is 250 g/mol.